The summed E-state index contributed by atoms with van der Waals surface area (Å²) < 4.78 is 6.47. The van der Waals surface area contributed by atoms with Crippen molar-refractivity contribution in [3.05, 3.63) is 69.8 Å². The molecule has 2 unspecified atom stereocenters. The van der Waals surface area contributed by atoms with Gasteiger partial charge in [-0.1, -0.05) is 106 Å². The third-order valence-corrected chi connectivity index (χ3v) is 7.30. The number of hydrogen-bond acceptors (Lipinski definition) is 1. The van der Waals surface area contributed by atoms with Gasteiger partial charge < -0.3 is 4.74 Å². The highest BCUT2D eigenvalue weighted by atomic mass is 16.5. The van der Waals surface area contributed by atoms with E-state index in [4.69, 9.17) is 4.74 Å². The lowest BCUT2D eigenvalue weighted by molar-refractivity contribution is 0.104. The molecule has 1 heteroatoms. The predicted molar refractivity (Wildman–Crippen MR) is 146 cm³/mol. The molecule has 0 aliphatic rings. The number of rotatable bonds is 12. The molecule has 0 saturated carbocycles. The zero-order valence-corrected chi connectivity index (χ0v) is 23.2. The molecule has 2 atom stereocenters. The van der Waals surface area contributed by atoms with Crippen LogP contribution in [0.25, 0.3) is 0 Å². The molecule has 0 N–H and O–H groups in total. The minimum Gasteiger partial charge on any atom is -0.380 e. The second kappa shape index (κ2) is 12.7. The van der Waals surface area contributed by atoms with Crippen molar-refractivity contribution in [1.82, 2.24) is 0 Å². The molecule has 0 aromatic heterocycles. The Balaban J connectivity index is 2.19. The summed E-state index contributed by atoms with van der Waals surface area (Å²) in [5.74, 6) is 3.10. The molecule has 2 aromatic carbocycles. The topological polar surface area (TPSA) is 9.23 Å². The van der Waals surface area contributed by atoms with Gasteiger partial charge in [-0.3, -0.25) is 0 Å². The van der Waals surface area contributed by atoms with Crippen LogP contribution in [0.5, 0.6) is 0 Å². The summed E-state index contributed by atoms with van der Waals surface area (Å²) in [6.45, 7) is 24.6. The van der Waals surface area contributed by atoms with Gasteiger partial charge in [-0.25, -0.2) is 0 Å². The highest BCUT2D eigenvalue weighted by molar-refractivity contribution is 5.39. The van der Waals surface area contributed by atoms with E-state index >= 15 is 0 Å². The van der Waals surface area contributed by atoms with E-state index in [1.807, 2.05) is 0 Å². The highest BCUT2D eigenvalue weighted by Crippen LogP contribution is 2.34. The first-order valence-electron chi connectivity index (χ1n) is 13.5. The van der Waals surface area contributed by atoms with E-state index in [0.717, 1.165) is 26.1 Å². The fourth-order valence-corrected chi connectivity index (χ4v) is 4.86. The zero-order chi connectivity index (χ0) is 24.7. The second-order valence-electron chi connectivity index (χ2n) is 11.1. The van der Waals surface area contributed by atoms with Crippen molar-refractivity contribution in [2.45, 2.75) is 118 Å². The van der Waals surface area contributed by atoms with E-state index in [1.54, 1.807) is 0 Å². The van der Waals surface area contributed by atoms with Gasteiger partial charge in [0.25, 0.3) is 0 Å². The maximum Gasteiger partial charge on any atom is 0.0535 e. The predicted octanol–water partition coefficient (Wildman–Crippen LogP) is 9.88. The smallest absolute Gasteiger partial charge is 0.0535 e. The zero-order valence-electron chi connectivity index (χ0n) is 23.2. The molecule has 0 spiro atoms. The third-order valence-electron chi connectivity index (χ3n) is 7.30. The first-order chi connectivity index (χ1) is 15.6. The molecule has 0 saturated heterocycles. The molecule has 0 aliphatic heterocycles. The van der Waals surface area contributed by atoms with Crippen molar-refractivity contribution in [1.29, 1.82) is 0 Å². The van der Waals surface area contributed by atoms with E-state index in [2.05, 4.69) is 106 Å². The van der Waals surface area contributed by atoms with Crippen LogP contribution in [-0.2, 0) is 4.74 Å². The highest BCUT2D eigenvalue weighted by Gasteiger charge is 2.20. The van der Waals surface area contributed by atoms with E-state index in [1.165, 1.54) is 33.4 Å². The fraction of sp³-hybridized carbons (Fsp3) is 0.625. The Labute approximate surface area is 205 Å². The van der Waals surface area contributed by atoms with Gasteiger partial charge in [-0.2, -0.15) is 0 Å². The lowest BCUT2D eigenvalue weighted by Crippen LogP contribution is -2.16. The molecule has 0 amide bonds. The molecule has 0 bridgehead atoms. The van der Waals surface area contributed by atoms with Crippen molar-refractivity contribution in [2.75, 3.05) is 13.2 Å². The van der Waals surface area contributed by atoms with Crippen molar-refractivity contribution in [3.8, 4) is 0 Å². The van der Waals surface area contributed by atoms with Crippen molar-refractivity contribution in [2.24, 2.45) is 0 Å². The van der Waals surface area contributed by atoms with Gasteiger partial charge in [0.05, 0.1) is 13.2 Å². The minimum atomic E-state index is 0.453. The average Bonchev–Trinajstić information content (AvgIpc) is 2.78. The van der Waals surface area contributed by atoms with Crippen LogP contribution in [0.4, 0.5) is 0 Å². The van der Waals surface area contributed by atoms with Crippen molar-refractivity contribution in [3.63, 3.8) is 0 Å². The summed E-state index contributed by atoms with van der Waals surface area (Å²) in [5, 5.41) is 0. The van der Waals surface area contributed by atoms with Crippen LogP contribution in [-0.4, -0.2) is 13.2 Å². The van der Waals surface area contributed by atoms with Crippen LogP contribution in [0.1, 0.15) is 151 Å². The standard InChI is InChI=1S/C32H50O/c1-11-25(29-15-13-27(21(3)4)17-31(29)23(7)8)19-33-20-26(12-2)30-16-14-28(22(5)6)18-32(30)24(9)10/h13-18,21-26H,11-12,19-20H2,1-10H3. The number of hydrogen-bond donors (Lipinski definition) is 0. The van der Waals surface area contributed by atoms with Gasteiger partial charge in [0.15, 0.2) is 0 Å². The molecule has 0 heterocycles. The Morgan fingerprint density at radius 1 is 0.515 bits per heavy atom. The van der Waals surface area contributed by atoms with Gasteiger partial charge in [-0.05, 0) is 69.9 Å². The fourth-order valence-electron chi connectivity index (χ4n) is 4.86. The lowest BCUT2D eigenvalue weighted by atomic mass is 9.84. The molecule has 2 rings (SSSR count). The number of benzene rings is 2. The Bertz CT molecular complexity index is 787. The molecular weight excluding hydrogens is 400 g/mol. The Kier molecular flexibility index (Phi) is 10.7. The van der Waals surface area contributed by atoms with Crippen LogP contribution in [0.15, 0.2) is 36.4 Å². The normalized spacial score (nSPS) is 14.0. The quantitative estimate of drug-likeness (QED) is 0.312. The summed E-state index contributed by atoms with van der Waals surface area (Å²) in [6, 6.07) is 14.3. The molecule has 0 radical (unpaired) electrons. The second-order valence-corrected chi connectivity index (χ2v) is 11.1. The summed E-state index contributed by atoms with van der Waals surface area (Å²) in [6.07, 6.45) is 2.22. The molecule has 0 fully saturated rings. The van der Waals surface area contributed by atoms with E-state index in [0.29, 0.717) is 35.5 Å². The first kappa shape index (κ1) is 27.6. The lowest BCUT2D eigenvalue weighted by Gasteiger charge is -2.25. The van der Waals surface area contributed by atoms with Crippen LogP contribution in [0, 0.1) is 0 Å². The largest absolute Gasteiger partial charge is 0.380 e. The maximum absolute atomic E-state index is 6.47. The molecular formula is C32H50O. The van der Waals surface area contributed by atoms with Crippen molar-refractivity contribution >= 4 is 0 Å². The molecule has 0 aliphatic carbocycles. The minimum absolute atomic E-state index is 0.453. The van der Waals surface area contributed by atoms with Gasteiger partial charge in [0, 0.05) is 11.8 Å². The molecule has 184 valence electrons. The monoisotopic (exact) mass is 450 g/mol. The van der Waals surface area contributed by atoms with Crippen LogP contribution in [0.2, 0.25) is 0 Å². The Morgan fingerprint density at radius 2 is 0.879 bits per heavy atom. The molecule has 2 aromatic rings. The van der Waals surface area contributed by atoms with Crippen LogP contribution < -0.4 is 0 Å². The summed E-state index contributed by atoms with van der Waals surface area (Å²) in [5.41, 5.74) is 8.83. The Morgan fingerprint density at radius 3 is 1.15 bits per heavy atom. The molecule has 33 heavy (non-hydrogen) atoms. The van der Waals surface area contributed by atoms with E-state index < -0.39 is 0 Å². The maximum atomic E-state index is 6.47. The van der Waals surface area contributed by atoms with Crippen LogP contribution >= 0.6 is 0 Å². The first-order valence-corrected chi connectivity index (χ1v) is 13.5. The molecule has 1 nitrogen and oxygen atoms in total. The number of ether oxygens (including phenoxy) is 1. The van der Waals surface area contributed by atoms with Crippen molar-refractivity contribution < 1.29 is 4.74 Å². The third kappa shape index (κ3) is 7.19. The van der Waals surface area contributed by atoms with Gasteiger partial charge in [0.2, 0.25) is 0 Å². The van der Waals surface area contributed by atoms with Gasteiger partial charge in [0.1, 0.15) is 0 Å². The SMILES string of the molecule is CCC(COCC(CC)c1ccc(C(C)C)cc1C(C)C)c1ccc(C(C)C)cc1C(C)C. The van der Waals surface area contributed by atoms with Gasteiger partial charge in [-0.15, -0.1) is 0 Å². The summed E-state index contributed by atoms with van der Waals surface area (Å²) in [4.78, 5) is 0. The average molecular weight is 451 g/mol. The van der Waals surface area contributed by atoms with Crippen LogP contribution in [0.3, 0.4) is 0 Å². The Hall–Kier alpha value is -1.60. The van der Waals surface area contributed by atoms with Gasteiger partial charge >= 0.3 is 0 Å². The summed E-state index contributed by atoms with van der Waals surface area (Å²) >= 11 is 0. The van der Waals surface area contributed by atoms with E-state index in [9.17, 15) is 0 Å². The summed E-state index contributed by atoms with van der Waals surface area (Å²) in [7, 11) is 0. The van der Waals surface area contributed by atoms with E-state index in [-0.39, 0.29) is 0 Å².